The van der Waals surface area contributed by atoms with Crippen molar-refractivity contribution in [1.29, 1.82) is 0 Å². The van der Waals surface area contributed by atoms with Crippen molar-refractivity contribution in [2.45, 2.75) is 13.8 Å². The molecule has 0 saturated carbocycles. The second-order valence-electron chi connectivity index (χ2n) is 5.85. The fourth-order valence-electron chi connectivity index (χ4n) is 2.49. The lowest BCUT2D eigenvalue weighted by atomic mass is 10.0. The van der Waals surface area contributed by atoms with Crippen molar-refractivity contribution in [2.24, 2.45) is 0 Å². The van der Waals surface area contributed by atoms with Crippen LogP contribution in [0.25, 0.3) is 0 Å². The lowest BCUT2D eigenvalue weighted by Gasteiger charge is -2.06. The number of phenols is 1. The van der Waals surface area contributed by atoms with E-state index in [1.165, 1.54) is 25.1 Å². The van der Waals surface area contributed by atoms with Crippen LogP contribution in [0.3, 0.4) is 0 Å². The van der Waals surface area contributed by atoms with E-state index < -0.39 is 5.78 Å². The summed E-state index contributed by atoms with van der Waals surface area (Å²) in [5.41, 5.74) is 1.62. The van der Waals surface area contributed by atoms with Gasteiger partial charge in [0.15, 0.2) is 11.5 Å². The smallest absolute Gasteiger partial charge is 0.232 e. The van der Waals surface area contributed by atoms with Gasteiger partial charge >= 0.3 is 0 Å². The van der Waals surface area contributed by atoms with E-state index in [1.807, 2.05) is 18.2 Å². The number of halogens is 1. The fourth-order valence-corrected chi connectivity index (χ4v) is 2.65. The zero-order valence-electron chi connectivity index (χ0n) is 14.2. The Balaban J connectivity index is 2.01. The van der Waals surface area contributed by atoms with Crippen molar-refractivity contribution in [1.82, 2.24) is 0 Å². The van der Waals surface area contributed by atoms with Crippen LogP contribution in [0.1, 0.15) is 39.0 Å². The predicted molar refractivity (Wildman–Crippen MR) is 99.7 cm³/mol. The number of aromatic hydroxyl groups is 1. The molecular weight excluding hydrogens is 354 g/mol. The Kier molecular flexibility index (Phi) is 4.82. The number of carbonyl (C=O) groups is 2. The molecular formula is C20H16ClNO4. The van der Waals surface area contributed by atoms with Crippen LogP contribution in [0.15, 0.2) is 52.9 Å². The summed E-state index contributed by atoms with van der Waals surface area (Å²) in [4.78, 5) is 24.6. The van der Waals surface area contributed by atoms with Gasteiger partial charge in [0, 0.05) is 16.8 Å². The molecule has 0 saturated heterocycles. The molecule has 2 N–H and O–H groups in total. The number of nitrogens with one attached hydrogen (secondary N) is 1. The lowest BCUT2D eigenvalue weighted by molar-refractivity contribution is 0.100. The van der Waals surface area contributed by atoms with Crippen molar-refractivity contribution in [3.63, 3.8) is 0 Å². The molecule has 1 aromatic heterocycles. The van der Waals surface area contributed by atoms with Crippen LogP contribution < -0.4 is 5.32 Å². The third-order valence-corrected chi connectivity index (χ3v) is 4.30. The molecule has 0 amide bonds. The Morgan fingerprint density at radius 3 is 2.42 bits per heavy atom. The molecule has 3 rings (SSSR count). The van der Waals surface area contributed by atoms with Crippen LogP contribution in [0, 0.1) is 6.92 Å². The van der Waals surface area contributed by atoms with Crippen molar-refractivity contribution in [3.8, 4) is 5.75 Å². The van der Waals surface area contributed by atoms with Gasteiger partial charge in [-0.3, -0.25) is 9.59 Å². The zero-order valence-corrected chi connectivity index (χ0v) is 14.9. The van der Waals surface area contributed by atoms with E-state index in [1.54, 1.807) is 19.1 Å². The molecule has 0 fully saturated rings. The van der Waals surface area contributed by atoms with Gasteiger partial charge in [-0.2, -0.15) is 0 Å². The molecule has 5 nitrogen and oxygen atoms in total. The Labute approximate surface area is 155 Å². The highest BCUT2D eigenvalue weighted by atomic mass is 35.5. The quantitative estimate of drug-likeness (QED) is 0.610. The van der Waals surface area contributed by atoms with Crippen molar-refractivity contribution < 1.29 is 19.1 Å². The maximum absolute atomic E-state index is 12.7. The zero-order chi connectivity index (χ0) is 18.8. The second-order valence-corrected chi connectivity index (χ2v) is 6.26. The van der Waals surface area contributed by atoms with Gasteiger partial charge in [0.1, 0.15) is 5.75 Å². The number of aryl methyl sites for hydroxylation is 1. The summed E-state index contributed by atoms with van der Waals surface area (Å²) in [7, 11) is 0. The maximum atomic E-state index is 12.7. The minimum absolute atomic E-state index is 0.00992. The largest absolute Gasteiger partial charge is 0.507 e. The highest BCUT2D eigenvalue weighted by molar-refractivity contribution is 6.32. The maximum Gasteiger partial charge on any atom is 0.232 e. The number of para-hydroxylation sites is 1. The van der Waals surface area contributed by atoms with Gasteiger partial charge in [0.25, 0.3) is 0 Å². The summed E-state index contributed by atoms with van der Waals surface area (Å²) >= 11 is 6.05. The molecule has 26 heavy (non-hydrogen) atoms. The van der Waals surface area contributed by atoms with E-state index in [0.717, 1.165) is 0 Å². The third-order valence-electron chi connectivity index (χ3n) is 3.89. The van der Waals surface area contributed by atoms with E-state index >= 15 is 0 Å². The normalized spacial score (nSPS) is 10.6. The topological polar surface area (TPSA) is 79.5 Å². The van der Waals surface area contributed by atoms with E-state index in [9.17, 15) is 14.7 Å². The van der Waals surface area contributed by atoms with E-state index in [2.05, 4.69) is 5.32 Å². The molecule has 2 aromatic carbocycles. The van der Waals surface area contributed by atoms with Gasteiger partial charge < -0.3 is 14.8 Å². The Bertz CT molecular complexity index is 993. The number of carbonyl (C=O) groups excluding carboxylic acids is 2. The van der Waals surface area contributed by atoms with Gasteiger partial charge in [0.2, 0.25) is 11.7 Å². The summed E-state index contributed by atoms with van der Waals surface area (Å²) in [6, 6.07) is 13.3. The molecule has 3 aromatic rings. The summed E-state index contributed by atoms with van der Waals surface area (Å²) in [5, 5.41) is 13.4. The molecule has 0 aliphatic rings. The van der Waals surface area contributed by atoms with Crippen molar-refractivity contribution in [3.05, 3.63) is 76.0 Å². The Morgan fingerprint density at radius 2 is 1.77 bits per heavy atom. The molecule has 0 bridgehead atoms. The first-order chi connectivity index (χ1) is 12.4. The fraction of sp³-hybridized carbons (Fsp3) is 0.100. The second kappa shape index (κ2) is 7.06. The summed E-state index contributed by atoms with van der Waals surface area (Å²) in [5.74, 6) is -0.908. The molecule has 0 unspecified atom stereocenters. The minimum atomic E-state index is -0.562. The van der Waals surface area contributed by atoms with E-state index in [0.29, 0.717) is 16.3 Å². The standard InChI is InChI=1S/C20H16ClNO4/c1-11-8-17(24)15(9-16(11)21)19(25)18-10-14(12(2)23)20(26-18)22-13-6-4-3-5-7-13/h3-10,22,24H,1-2H3. The van der Waals surface area contributed by atoms with Gasteiger partial charge in [0.05, 0.1) is 11.1 Å². The molecule has 1 heterocycles. The Morgan fingerprint density at radius 1 is 1.08 bits per heavy atom. The van der Waals surface area contributed by atoms with Crippen LogP contribution >= 0.6 is 11.6 Å². The van der Waals surface area contributed by atoms with Crippen molar-refractivity contribution >= 4 is 34.7 Å². The van der Waals surface area contributed by atoms with Gasteiger partial charge in [-0.25, -0.2) is 0 Å². The van der Waals surface area contributed by atoms with Gasteiger partial charge in [-0.05, 0) is 43.7 Å². The molecule has 0 aliphatic heterocycles. The average molecular weight is 370 g/mol. The van der Waals surface area contributed by atoms with Crippen molar-refractivity contribution in [2.75, 3.05) is 5.32 Å². The van der Waals surface area contributed by atoms with Crippen LogP contribution in [0.5, 0.6) is 5.75 Å². The first-order valence-electron chi connectivity index (χ1n) is 7.87. The first-order valence-corrected chi connectivity index (χ1v) is 8.25. The monoisotopic (exact) mass is 369 g/mol. The average Bonchev–Trinajstić information content (AvgIpc) is 3.02. The number of hydrogen-bond acceptors (Lipinski definition) is 5. The highest BCUT2D eigenvalue weighted by Crippen LogP contribution is 2.31. The van der Waals surface area contributed by atoms with Gasteiger partial charge in [-0.15, -0.1) is 0 Å². The number of ketones is 2. The number of furan rings is 1. The number of benzene rings is 2. The van der Waals surface area contributed by atoms with E-state index in [4.69, 9.17) is 16.0 Å². The Hall–Kier alpha value is -3.05. The number of anilines is 2. The summed E-state index contributed by atoms with van der Waals surface area (Å²) in [6.45, 7) is 3.11. The highest BCUT2D eigenvalue weighted by Gasteiger charge is 2.23. The number of hydrogen-bond donors (Lipinski definition) is 2. The number of rotatable bonds is 5. The SMILES string of the molecule is CC(=O)c1cc(C(=O)c2cc(Cl)c(C)cc2O)oc1Nc1ccccc1. The predicted octanol–water partition coefficient (Wildman–Crippen LogP) is 5.12. The minimum Gasteiger partial charge on any atom is -0.507 e. The van der Waals surface area contributed by atoms with Gasteiger partial charge in [-0.1, -0.05) is 29.8 Å². The number of phenolic OH excluding ortho intramolecular Hbond substituents is 1. The third kappa shape index (κ3) is 3.48. The molecule has 132 valence electrons. The first kappa shape index (κ1) is 17.8. The summed E-state index contributed by atoms with van der Waals surface area (Å²) in [6.07, 6.45) is 0. The molecule has 0 spiro atoms. The molecule has 6 heteroatoms. The summed E-state index contributed by atoms with van der Waals surface area (Å²) < 4.78 is 5.59. The van der Waals surface area contributed by atoms with Crippen LogP contribution in [-0.4, -0.2) is 16.7 Å². The molecule has 0 radical (unpaired) electrons. The van der Waals surface area contributed by atoms with E-state index in [-0.39, 0.29) is 34.3 Å². The molecule has 0 aliphatic carbocycles. The number of Topliss-reactive ketones (excluding diaryl/α,β-unsaturated/α-hetero) is 1. The lowest BCUT2D eigenvalue weighted by Crippen LogP contribution is -2.01. The van der Waals surface area contributed by atoms with Crippen LogP contribution in [0.2, 0.25) is 5.02 Å². The van der Waals surface area contributed by atoms with Crippen LogP contribution in [0.4, 0.5) is 11.6 Å². The molecule has 0 atom stereocenters. The van der Waals surface area contributed by atoms with Crippen LogP contribution in [-0.2, 0) is 0 Å².